The van der Waals surface area contributed by atoms with Crippen LogP contribution in [0.4, 0.5) is 5.82 Å². The van der Waals surface area contributed by atoms with Gasteiger partial charge in [-0.15, -0.1) is 10.2 Å². The van der Waals surface area contributed by atoms with Crippen LogP contribution in [0.15, 0.2) is 35.4 Å². The molecule has 0 fully saturated rings. The van der Waals surface area contributed by atoms with Crippen LogP contribution < -0.4 is 5.43 Å². The monoisotopic (exact) mass is 314 g/mol. The third kappa shape index (κ3) is 3.80. The molecule has 98 valence electrons. The molecular formula is C12H9Cl3N4. The Labute approximate surface area is 125 Å². The summed E-state index contributed by atoms with van der Waals surface area (Å²) in [4.78, 5) is 0. The maximum atomic E-state index is 6.09. The topological polar surface area (TPSA) is 50.2 Å². The van der Waals surface area contributed by atoms with Crippen LogP contribution in [0.3, 0.4) is 0 Å². The van der Waals surface area contributed by atoms with E-state index in [1.54, 1.807) is 30.3 Å². The summed E-state index contributed by atoms with van der Waals surface area (Å²) < 4.78 is 0. The molecule has 0 aliphatic carbocycles. The molecule has 0 aliphatic rings. The number of hydrogen-bond acceptors (Lipinski definition) is 4. The standard InChI is InChI=1S/C12H9Cl3N4/c1-7(9-3-2-8(13)6-10(9)14)16-18-12-5-4-11(15)17-19-12/h2-6H,1H3,(H,18,19). The molecule has 0 radical (unpaired) electrons. The fraction of sp³-hybridized carbons (Fsp3) is 0.0833. The molecular weight excluding hydrogens is 307 g/mol. The van der Waals surface area contributed by atoms with Crippen LogP contribution in [-0.2, 0) is 0 Å². The Morgan fingerprint density at radius 3 is 2.53 bits per heavy atom. The average Bonchev–Trinajstić information content (AvgIpc) is 2.37. The van der Waals surface area contributed by atoms with E-state index in [1.165, 1.54) is 0 Å². The molecule has 4 nitrogen and oxygen atoms in total. The van der Waals surface area contributed by atoms with Gasteiger partial charge in [-0.2, -0.15) is 5.10 Å². The van der Waals surface area contributed by atoms with Gasteiger partial charge < -0.3 is 0 Å². The number of rotatable bonds is 3. The van der Waals surface area contributed by atoms with Crippen molar-refractivity contribution < 1.29 is 0 Å². The molecule has 0 unspecified atom stereocenters. The summed E-state index contributed by atoms with van der Waals surface area (Å²) in [5, 5.41) is 13.2. The first-order valence-electron chi connectivity index (χ1n) is 5.31. The Kier molecular flexibility index (Phi) is 4.58. The van der Waals surface area contributed by atoms with E-state index >= 15 is 0 Å². The summed E-state index contributed by atoms with van der Waals surface area (Å²) >= 11 is 17.6. The zero-order chi connectivity index (χ0) is 13.8. The lowest BCUT2D eigenvalue weighted by Gasteiger charge is -2.05. The Hall–Kier alpha value is -1.36. The number of nitrogens with one attached hydrogen (secondary N) is 1. The van der Waals surface area contributed by atoms with Crippen LogP contribution in [0.5, 0.6) is 0 Å². The number of halogens is 3. The molecule has 2 aromatic rings. The highest BCUT2D eigenvalue weighted by Gasteiger charge is 2.04. The molecule has 1 heterocycles. The van der Waals surface area contributed by atoms with E-state index in [-0.39, 0.29) is 0 Å². The van der Waals surface area contributed by atoms with Crippen molar-refractivity contribution in [3.8, 4) is 0 Å². The second-order valence-corrected chi connectivity index (χ2v) is 4.91. The maximum Gasteiger partial charge on any atom is 0.168 e. The van der Waals surface area contributed by atoms with Crippen molar-refractivity contribution in [3.05, 3.63) is 51.1 Å². The number of nitrogens with zero attached hydrogens (tertiary/aromatic N) is 3. The van der Waals surface area contributed by atoms with E-state index in [9.17, 15) is 0 Å². The lowest BCUT2D eigenvalue weighted by Crippen LogP contribution is -2.02. The molecule has 2 rings (SSSR count). The van der Waals surface area contributed by atoms with Gasteiger partial charge in [0.25, 0.3) is 0 Å². The summed E-state index contributed by atoms with van der Waals surface area (Å²) in [6, 6.07) is 8.52. The molecule has 0 bridgehead atoms. The quantitative estimate of drug-likeness (QED) is 0.679. The summed E-state index contributed by atoms with van der Waals surface area (Å²) in [6.45, 7) is 1.82. The Balaban J connectivity index is 2.16. The molecule has 0 saturated heterocycles. The van der Waals surface area contributed by atoms with Gasteiger partial charge in [0.1, 0.15) is 0 Å². The van der Waals surface area contributed by atoms with E-state index in [0.29, 0.717) is 26.7 Å². The lowest BCUT2D eigenvalue weighted by molar-refractivity contribution is 1.02. The fourth-order valence-electron chi connectivity index (χ4n) is 1.36. The van der Waals surface area contributed by atoms with Crippen LogP contribution in [0.2, 0.25) is 15.2 Å². The summed E-state index contributed by atoms with van der Waals surface area (Å²) in [6.07, 6.45) is 0. The molecule has 19 heavy (non-hydrogen) atoms. The predicted molar refractivity (Wildman–Crippen MR) is 79.3 cm³/mol. The zero-order valence-electron chi connectivity index (χ0n) is 9.86. The second kappa shape index (κ2) is 6.19. The van der Waals surface area contributed by atoms with Crippen LogP contribution in [-0.4, -0.2) is 15.9 Å². The van der Waals surface area contributed by atoms with Crippen LogP contribution >= 0.6 is 34.8 Å². The number of benzene rings is 1. The highest BCUT2D eigenvalue weighted by molar-refractivity contribution is 6.37. The third-order valence-electron chi connectivity index (χ3n) is 2.29. The number of aromatic nitrogens is 2. The SMILES string of the molecule is CC(=NNc1ccc(Cl)nn1)c1ccc(Cl)cc1Cl. The van der Waals surface area contributed by atoms with Crippen LogP contribution in [0.25, 0.3) is 0 Å². The van der Waals surface area contributed by atoms with E-state index in [2.05, 4.69) is 20.7 Å². The molecule has 1 N–H and O–H groups in total. The Morgan fingerprint density at radius 1 is 1.11 bits per heavy atom. The number of anilines is 1. The first-order valence-corrected chi connectivity index (χ1v) is 6.44. The van der Waals surface area contributed by atoms with Gasteiger partial charge in [-0.05, 0) is 31.2 Å². The zero-order valence-corrected chi connectivity index (χ0v) is 12.1. The second-order valence-electron chi connectivity index (χ2n) is 3.67. The van der Waals surface area contributed by atoms with Crippen molar-refractivity contribution in [1.82, 2.24) is 10.2 Å². The van der Waals surface area contributed by atoms with Gasteiger partial charge in [-0.25, -0.2) is 0 Å². The molecule has 0 aliphatic heterocycles. The fourth-order valence-corrected chi connectivity index (χ4v) is 2.01. The number of hydrazone groups is 1. The van der Waals surface area contributed by atoms with Gasteiger partial charge in [-0.3, -0.25) is 5.43 Å². The highest BCUT2D eigenvalue weighted by atomic mass is 35.5. The molecule has 1 aromatic heterocycles. The minimum absolute atomic E-state index is 0.326. The Morgan fingerprint density at radius 2 is 1.89 bits per heavy atom. The largest absolute Gasteiger partial charge is 0.260 e. The van der Waals surface area contributed by atoms with Gasteiger partial charge in [0.15, 0.2) is 11.0 Å². The summed E-state index contributed by atoms with van der Waals surface area (Å²) in [5.41, 5.74) is 4.28. The van der Waals surface area contributed by atoms with Crippen molar-refractivity contribution in [3.63, 3.8) is 0 Å². The van der Waals surface area contributed by atoms with E-state index in [4.69, 9.17) is 34.8 Å². The van der Waals surface area contributed by atoms with E-state index in [1.807, 2.05) is 6.92 Å². The van der Waals surface area contributed by atoms with E-state index in [0.717, 1.165) is 5.56 Å². The molecule has 7 heteroatoms. The average molecular weight is 316 g/mol. The minimum atomic E-state index is 0.326. The Bertz CT molecular complexity index is 611. The third-order valence-corrected chi connectivity index (χ3v) is 3.04. The lowest BCUT2D eigenvalue weighted by atomic mass is 10.1. The predicted octanol–water partition coefficient (Wildman–Crippen LogP) is 4.27. The number of hydrogen-bond donors (Lipinski definition) is 1. The summed E-state index contributed by atoms with van der Waals surface area (Å²) in [5.74, 6) is 0.494. The maximum absolute atomic E-state index is 6.09. The highest BCUT2D eigenvalue weighted by Crippen LogP contribution is 2.21. The van der Waals surface area contributed by atoms with Gasteiger partial charge in [0, 0.05) is 10.6 Å². The van der Waals surface area contributed by atoms with Crippen molar-refractivity contribution in [2.45, 2.75) is 6.92 Å². The van der Waals surface area contributed by atoms with Gasteiger partial charge in [0.05, 0.1) is 10.7 Å². The van der Waals surface area contributed by atoms with Gasteiger partial charge in [-0.1, -0.05) is 40.9 Å². The first-order chi connectivity index (χ1) is 9.06. The van der Waals surface area contributed by atoms with E-state index < -0.39 is 0 Å². The smallest absolute Gasteiger partial charge is 0.168 e. The van der Waals surface area contributed by atoms with Crippen LogP contribution in [0, 0.1) is 0 Å². The molecule has 0 saturated carbocycles. The van der Waals surface area contributed by atoms with Crippen molar-refractivity contribution in [1.29, 1.82) is 0 Å². The molecule has 1 aromatic carbocycles. The molecule has 0 amide bonds. The van der Waals surface area contributed by atoms with Crippen LogP contribution in [0.1, 0.15) is 12.5 Å². The molecule has 0 spiro atoms. The minimum Gasteiger partial charge on any atom is -0.260 e. The molecule has 0 atom stereocenters. The normalized spacial score (nSPS) is 11.5. The van der Waals surface area contributed by atoms with Crippen molar-refractivity contribution in [2.75, 3.05) is 5.43 Å². The summed E-state index contributed by atoms with van der Waals surface area (Å²) in [7, 11) is 0. The van der Waals surface area contributed by atoms with Gasteiger partial charge in [0.2, 0.25) is 0 Å². The van der Waals surface area contributed by atoms with Gasteiger partial charge >= 0.3 is 0 Å². The van der Waals surface area contributed by atoms with Crippen molar-refractivity contribution in [2.24, 2.45) is 5.10 Å². The first kappa shape index (κ1) is 14.1. The van der Waals surface area contributed by atoms with Crippen molar-refractivity contribution >= 4 is 46.3 Å².